The molecule has 1 heterocycles. The molecule has 6 nitrogen and oxygen atoms in total. The predicted octanol–water partition coefficient (Wildman–Crippen LogP) is 1.44. The summed E-state index contributed by atoms with van der Waals surface area (Å²) < 4.78 is 5.06. The number of hydrogen-bond acceptors (Lipinski definition) is 4. The van der Waals surface area contributed by atoms with Crippen molar-refractivity contribution in [3.63, 3.8) is 0 Å². The van der Waals surface area contributed by atoms with Gasteiger partial charge in [0.25, 0.3) is 0 Å². The Hall–Kier alpha value is -2.63. The summed E-state index contributed by atoms with van der Waals surface area (Å²) in [5, 5.41) is 2.71. The lowest BCUT2D eigenvalue weighted by Gasteiger charge is -2.16. The van der Waals surface area contributed by atoms with Gasteiger partial charge in [0.15, 0.2) is 0 Å². The molecule has 6 heteroatoms. The molecule has 1 aromatic rings. The Morgan fingerprint density at radius 3 is 2.25 bits per heavy atom. The number of nitrogens with one attached hydrogen (secondary N) is 1. The molecule has 4 unspecified atom stereocenters. The van der Waals surface area contributed by atoms with Gasteiger partial charge in [-0.05, 0) is 42.5 Å². The molecular formula is C18H18N2O4. The molecule has 4 rings (SSSR count). The highest BCUT2D eigenvalue weighted by Crippen LogP contribution is 2.52. The number of likely N-dealkylation sites (tertiary alicyclic amines) is 1. The van der Waals surface area contributed by atoms with E-state index in [1.807, 2.05) is 12.2 Å². The summed E-state index contributed by atoms with van der Waals surface area (Å²) in [5.41, 5.74) is 0.599. The second kappa shape index (κ2) is 5.47. The number of rotatable bonds is 4. The average molecular weight is 326 g/mol. The molecule has 1 saturated carbocycles. The molecule has 124 valence electrons. The third-order valence-corrected chi connectivity index (χ3v) is 5.24. The van der Waals surface area contributed by atoms with E-state index in [1.165, 1.54) is 0 Å². The average Bonchev–Trinajstić information content (AvgIpc) is 3.25. The first-order chi connectivity index (χ1) is 11.6. The van der Waals surface area contributed by atoms with Crippen LogP contribution in [0.1, 0.15) is 6.42 Å². The Morgan fingerprint density at radius 1 is 1.12 bits per heavy atom. The molecule has 1 saturated heterocycles. The van der Waals surface area contributed by atoms with Crippen LogP contribution in [0.3, 0.4) is 0 Å². The summed E-state index contributed by atoms with van der Waals surface area (Å²) in [6, 6.07) is 6.89. The topological polar surface area (TPSA) is 75.7 Å². The monoisotopic (exact) mass is 326 g/mol. The quantitative estimate of drug-likeness (QED) is 0.671. The first kappa shape index (κ1) is 14.9. The van der Waals surface area contributed by atoms with Crippen LogP contribution in [0.25, 0.3) is 0 Å². The molecule has 1 aromatic carbocycles. The number of carbonyl (C=O) groups is 3. The van der Waals surface area contributed by atoms with Gasteiger partial charge in [0.2, 0.25) is 17.7 Å². The van der Waals surface area contributed by atoms with E-state index in [0.717, 1.165) is 11.3 Å². The molecule has 0 spiro atoms. The molecule has 2 aliphatic carbocycles. The van der Waals surface area contributed by atoms with Gasteiger partial charge in [0, 0.05) is 5.69 Å². The fraction of sp³-hybridized carbons (Fsp3) is 0.389. The van der Waals surface area contributed by atoms with Gasteiger partial charge in [-0.15, -0.1) is 0 Å². The number of ether oxygens (including phenoxy) is 1. The third-order valence-electron chi connectivity index (χ3n) is 5.24. The number of methoxy groups -OCH3 is 1. The van der Waals surface area contributed by atoms with Crippen LogP contribution in [0.15, 0.2) is 36.4 Å². The second-order valence-electron chi connectivity index (χ2n) is 6.54. The van der Waals surface area contributed by atoms with Gasteiger partial charge in [0.1, 0.15) is 12.3 Å². The first-order valence-corrected chi connectivity index (χ1v) is 8.06. The summed E-state index contributed by atoms with van der Waals surface area (Å²) in [6.45, 7) is -0.226. The Morgan fingerprint density at radius 2 is 1.71 bits per heavy atom. The summed E-state index contributed by atoms with van der Waals surface area (Å²) in [7, 11) is 1.57. The zero-order chi connectivity index (χ0) is 16.8. The van der Waals surface area contributed by atoms with Crippen LogP contribution < -0.4 is 10.1 Å². The zero-order valence-electron chi connectivity index (χ0n) is 13.3. The Labute approximate surface area is 139 Å². The van der Waals surface area contributed by atoms with Crippen molar-refractivity contribution in [2.45, 2.75) is 6.42 Å². The number of carbonyl (C=O) groups excluding carboxylic acids is 3. The largest absolute Gasteiger partial charge is 0.497 e. The van der Waals surface area contributed by atoms with Crippen LogP contribution in [0, 0.1) is 23.7 Å². The number of imide groups is 1. The third kappa shape index (κ3) is 2.21. The number of benzene rings is 1. The van der Waals surface area contributed by atoms with Gasteiger partial charge >= 0.3 is 0 Å². The van der Waals surface area contributed by atoms with Crippen molar-refractivity contribution in [1.82, 2.24) is 4.90 Å². The van der Waals surface area contributed by atoms with Crippen molar-refractivity contribution in [2.75, 3.05) is 19.0 Å². The van der Waals surface area contributed by atoms with Gasteiger partial charge in [-0.1, -0.05) is 12.2 Å². The molecule has 0 aromatic heterocycles. The Balaban J connectivity index is 1.43. The van der Waals surface area contributed by atoms with E-state index in [9.17, 15) is 14.4 Å². The summed E-state index contributed by atoms with van der Waals surface area (Å²) in [4.78, 5) is 38.4. The molecule has 24 heavy (non-hydrogen) atoms. The lowest BCUT2D eigenvalue weighted by atomic mass is 9.85. The lowest BCUT2D eigenvalue weighted by molar-refractivity contribution is -0.143. The van der Waals surface area contributed by atoms with Crippen LogP contribution in [-0.2, 0) is 14.4 Å². The minimum Gasteiger partial charge on any atom is -0.497 e. The van der Waals surface area contributed by atoms with Crippen molar-refractivity contribution in [2.24, 2.45) is 23.7 Å². The van der Waals surface area contributed by atoms with E-state index in [0.29, 0.717) is 11.4 Å². The number of anilines is 1. The van der Waals surface area contributed by atoms with Crippen molar-refractivity contribution < 1.29 is 19.1 Å². The van der Waals surface area contributed by atoms with Gasteiger partial charge in [-0.25, -0.2) is 0 Å². The molecule has 0 radical (unpaired) electrons. The maximum atomic E-state index is 12.5. The van der Waals surface area contributed by atoms with Gasteiger partial charge < -0.3 is 10.1 Å². The molecule has 2 bridgehead atoms. The zero-order valence-corrected chi connectivity index (χ0v) is 13.3. The fourth-order valence-corrected chi connectivity index (χ4v) is 4.14. The van der Waals surface area contributed by atoms with Crippen LogP contribution >= 0.6 is 0 Å². The van der Waals surface area contributed by atoms with Gasteiger partial charge in [0.05, 0.1) is 18.9 Å². The van der Waals surface area contributed by atoms with Gasteiger partial charge in [-0.3, -0.25) is 19.3 Å². The molecule has 1 aliphatic heterocycles. The Kier molecular flexibility index (Phi) is 3.40. The molecule has 4 atom stereocenters. The number of nitrogens with zero attached hydrogens (tertiary/aromatic N) is 1. The predicted molar refractivity (Wildman–Crippen MR) is 86.1 cm³/mol. The second-order valence-corrected chi connectivity index (χ2v) is 6.54. The molecule has 3 amide bonds. The summed E-state index contributed by atoms with van der Waals surface area (Å²) in [5.74, 6) is -0.297. The Bertz CT molecular complexity index is 710. The smallest absolute Gasteiger partial charge is 0.244 e. The highest BCUT2D eigenvalue weighted by Gasteiger charge is 2.59. The van der Waals surface area contributed by atoms with E-state index >= 15 is 0 Å². The van der Waals surface area contributed by atoms with Crippen molar-refractivity contribution in [3.8, 4) is 5.75 Å². The van der Waals surface area contributed by atoms with E-state index in [-0.39, 0.29) is 47.9 Å². The van der Waals surface area contributed by atoms with Gasteiger partial charge in [-0.2, -0.15) is 0 Å². The maximum absolute atomic E-state index is 12.5. The lowest BCUT2D eigenvalue weighted by Crippen LogP contribution is -2.39. The molecular weight excluding hydrogens is 308 g/mol. The van der Waals surface area contributed by atoms with E-state index in [4.69, 9.17) is 4.74 Å². The highest BCUT2D eigenvalue weighted by molar-refractivity contribution is 6.09. The van der Waals surface area contributed by atoms with Crippen molar-refractivity contribution >= 4 is 23.4 Å². The fourth-order valence-electron chi connectivity index (χ4n) is 4.14. The van der Waals surface area contributed by atoms with E-state index in [1.54, 1.807) is 31.4 Å². The van der Waals surface area contributed by atoms with Crippen LogP contribution in [0.5, 0.6) is 5.75 Å². The SMILES string of the molecule is COc1ccc(NC(=O)CN2C(=O)C3C4C=CC(C4)C3C2=O)cc1. The van der Waals surface area contributed by atoms with Crippen molar-refractivity contribution in [3.05, 3.63) is 36.4 Å². The minimum absolute atomic E-state index is 0.158. The molecule has 3 aliphatic rings. The normalized spacial score (nSPS) is 30.0. The van der Waals surface area contributed by atoms with Crippen LogP contribution in [0.2, 0.25) is 0 Å². The number of amides is 3. The number of hydrogen-bond donors (Lipinski definition) is 1. The maximum Gasteiger partial charge on any atom is 0.244 e. The standard InChI is InChI=1S/C18H18N2O4/c1-24-13-6-4-12(5-7-13)19-14(21)9-20-17(22)15-10-2-3-11(8-10)16(15)18(20)23/h2-7,10-11,15-16H,8-9H2,1H3,(H,19,21). The highest BCUT2D eigenvalue weighted by atomic mass is 16.5. The molecule has 1 N–H and O–H groups in total. The van der Waals surface area contributed by atoms with Crippen LogP contribution in [-0.4, -0.2) is 36.3 Å². The molecule has 2 fully saturated rings. The van der Waals surface area contributed by atoms with Crippen LogP contribution in [0.4, 0.5) is 5.69 Å². The van der Waals surface area contributed by atoms with E-state index < -0.39 is 0 Å². The first-order valence-electron chi connectivity index (χ1n) is 8.06. The number of fused-ring (bicyclic) bond motifs is 5. The summed E-state index contributed by atoms with van der Waals surface area (Å²) in [6.07, 6.45) is 4.97. The number of allylic oxidation sites excluding steroid dienone is 2. The van der Waals surface area contributed by atoms with E-state index in [2.05, 4.69) is 5.32 Å². The van der Waals surface area contributed by atoms with Crippen molar-refractivity contribution in [1.29, 1.82) is 0 Å². The minimum atomic E-state index is -0.373. The summed E-state index contributed by atoms with van der Waals surface area (Å²) >= 11 is 0.